The van der Waals surface area contributed by atoms with Crippen LogP contribution >= 0.6 is 33.9 Å². The molecule has 0 aliphatic rings. The number of hydrogen-bond donors (Lipinski definition) is 1. The van der Waals surface area contributed by atoms with Gasteiger partial charge >= 0.3 is 0 Å². The summed E-state index contributed by atoms with van der Waals surface area (Å²) in [5, 5.41) is 5.08. The summed E-state index contributed by atoms with van der Waals surface area (Å²) in [4.78, 5) is 16.5. The third kappa shape index (κ3) is 4.49. The van der Waals surface area contributed by atoms with Crippen molar-refractivity contribution < 1.29 is 13.2 Å². The first-order chi connectivity index (χ1) is 12.3. The number of amides is 1. The van der Waals surface area contributed by atoms with E-state index in [9.17, 15) is 13.2 Å². The summed E-state index contributed by atoms with van der Waals surface area (Å²) in [6, 6.07) is 11.6. The zero-order valence-electron chi connectivity index (χ0n) is 13.8. The molecular formula is C18H15IN2O3S2. The number of benzene rings is 2. The van der Waals surface area contributed by atoms with E-state index in [1.165, 1.54) is 23.5 Å². The van der Waals surface area contributed by atoms with Crippen LogP contribution < -0.4 is 5.32 Å². The van der Waals surface area contributed by atoms with Gasteiger partial charge in [0.1, 0.15) is 10.8 Å². The summed E-state index contributed by atoms with van der Waals surface area (Å²) >= 11 is 3.49. The molecule has 0 spiro atoms. The van der Waals surface area contributed by atoms with E-state index in [1.807, 2.05) is 19.1 Å². The van der Waals surface area contributed by atoms with E-state index in [4.69, 9.17) is 0 Å². The first kappa shape index (κ1) is 19.0. The molecule has 0 aliphatic heterocycles. The minimum absolute atomic E-state index is 0.127. The van der Waals surface area contributed by atoms with Crippen molar-refractivity contribution in [3.05, 3.63) is 73.7 Å². The van der Waals surface area contributed by atoms with Crippen molar-refractivity contribution in [2.45, 2.75) is 17.6 Å². The summed E-state index contributed by atoms with van der Waals surface area (Å²) in [7, 11) is -3.46. The van der Waals surface area contributed by atoms with Gasteiger partial charge in [0.2, 0.25) is 0 Å². The maximum absolute atomic E-state index is 12.4. The molecule has 0 radical (unpaired) electrons. The molecule has 0 aliphatic carbocycles. The van der Waals surface area contributed by atoms with Crippen LogP contribution in [0.15, 0.2) is 58.9 Å². The molecule has 0 atom stereocenters. The third-order valence-corrected chi connectivity index (χ3v) is 7.47. The van der Waals surface area contributed by atoms with Crippen molar-refractivity contribution in [2.75, 3.05) is 5.32 Å². The van der Waals surface area contributed by atoms with Crippen molar-refractivity contribution in [3.63, 3.8) is 0 Å². The van der Waals surface area contributed by atoms with E-state index in [0.717, 1.165) is 9.13 Å². The second kappa shape index (κ2) is 7.85. The minimum Gasteiger partial charge on any atom is -0.322 e. The molecule has 0 saturated carbocycles. The molecule has 0 bridgehead atoms. The summed E-state index contributed by atoms with van der Waals surface area (Å²) < 4.78 is 25.8. The minimum atomic E-state index is -3.46. The van der Waals surface area contributed by atoms with Gasteiger partial charge in [-0.25, -0.2) is 13.4 Å². The highest BCUT2D eigenvalue weighted by Crippen LogP contribution is 2.21. The van der Waals surface area contributed by atoms with Crippen molar-refractivity contribution in [1.29, 1.82) is 0 Å². The maximum atomic E-state index is 12.4. The fourth-order valence-corrected chi connectivity index (χ4v) is 5.02. The number of carbonyl (C=O) groups is 1. The summed E-state index contributed by atoms with van der Waals surface area (Å²) in [6.07, 6.45) is 1.58. The molecule has 1 heterocycles. The molecule has 1 amide bonds. The Morgan fingerprint density at radius 3 is 2.54 bits per heavy atom. The van der Waals surface area contributed by atoms with Crippen LogP contribution in [0.5, 0.6) is 0 Å². The number of halogens is 1. The summed E-state index contributed by atoms with van der Waals surface area (Å²) in [6.45, 7) is 1.98. The van der Waals surface area contributed by atoms with Crippen LogP contribution in [0.2, 0.25) is 0 Å². The van der Waals surface area contributed by atoms with Gasteiger partial charge in [0.15, 0.2) is 9.84 Å². The smallest absolute Gasteiger partial charge is 0.255 e. The molecule has 3 aromatic rings. The Hall–Kier alpha value is -1.78. The molecule has 5 nitrogen and oxygen atoms in total. The first-order valence-electron chi connectivity index (χ1n) is 7.64. The van der Waals surface area contributed by atoms with Gasteiger partial charge in [0.05, 0.1) is 4.90 Å². The Morgan fingerprint density at radius 2 is 1.92 bits per heavy atom. The number of aromatic nitrogens is 1. The standard InChI is InChI=1S/C18H15IN2O3S2/c1-12-2-3-13(10-16(12)19)18(22)21-14-4-6-15(7-5-14)26(23,24)11-17-20-8-9-25-17/h2-10H,11H2,1H3,(H,21,22). The molecule has 1 N–H and O–H groups in total. The van der Waals surface area contributed by atoms with Crippen molar-refractivity contribution >= 4 is 55.4 Å². The Balaban J connectivity index is 1.73. The highest BCUT2D eigenvalue weighted by atomic mass is 127. The van der Waals surface area contributed by atoms with E-state index >= 15 is 0 Å². The average molecular weight is 498 g/mol. The van der Waals surface area contributed by atoms with Crippen molar-refractivity contribution in [1.82, 2.24) is 4.98 Å². The van der Waals surface area contributed by atoms with E-state index in [-0.39, 0.29) is 16.6 Å². The van der Waals surface area contributed by atoms with Gasteiger partial charge in [-0.15, -0.1) is 11.3 Å². The fraction of sp³-hybridized carbons (Fsp3) is 0.111. The van der Waals surface area contributed by atoms with Gasteiger partial charge in [-0.05, 0) is 71.5 Å². The van der Waals surface area contributed by atoms with Gasteiger partial charge in [-0.3, -0.25) is 4.79 Å². The monoisotopic (exact) mass is 498 g/mol. The van der Waals surface area contributed by atoms with Crippen LogP contribution in [0.3, 0.4) is 0 Å². The second-order valence-electron chi connectivity index (χ2n) is 5.63. The molecule has 134 valence electrons. The molecule has 26 heavy (non-hydrogen) atoms. The number of sulfone groups is 1. The highest BCUT2D eigenvalue weighted by molar-refractivity contribution is 14.1. The number of nitrogens with zero attached hydrogens (tertiary/aromatic N) is 1. The molecule has 2 aromatic carbocycles. The largest absolute Gasteiger partial charge is 0.322 e. The van der Waals surface area contributed by atoms with E-state index in [1.54, 1.807) is 29.8 Å². The predicted molar refractivity (Wildman–Crippen MR) is 111 cm³/mol. The van der Waals surface area contributed by atoms with E-state index in [0.29, 0.717) is 16.3 Å². The van der Waals surface area contributed by atoms with Crippen LogP contribution in [0.25, 0.3) is 0 Å². The maximum Gasteiger partial charge on any atom is 0.255 e. The molecular weight excluding hydrogens is 483 g/mol. The number of thiazole rings is 1. The van der Waals surface area contributed by atoms with E-state index < -0.39 is 9.84 Å². The lowest BCUT2D eigenvalue weighted by molar-refractivity contribution is 0.102. The summed E-state index contributed by atoms with van der Waals surface area (Å²) in [5.74, 6) is -0.362. The van der Waals surface area contributed by atoms with Crippen LogP contribution in [-0.2, 0) is 15.6 Å². The van der Waals surface area contributed by atoms with Gasteiger partial charge < -0.3 is 5.32 Å². The van der Waals surface area contributed by atoms with Crippen LogP contribution in [0, 0.1) is 10.5 Å². The number of hydrogen-bond acceptors (Lipinski definition) is 5. The molecule has 0 fully saturated rings. The topological polar surface area (TPSA) is 76.1 Å². The molecule has 0 unspecified atom stereocenters. The number of nitrogens with one attached hydrogen (secondary N) is 1. The highest BCUT2D eigenvalue weighted by Gasteiger charge is 2.17. The molecule has 8 heteroatoms. The molecule has 0 saturated heterocycles. The molecule has 3 rings (SSSR count). The average Bonchev–Trinajstić information content (AvgIpc) is 3.10. The van der Waals surface area contributed by atoms with Crippen molar-refractivity contribution in [3.8, 4) is 0 Å². The summed E-state index contributed by atoms with van der Waals surface area (Å²) in [5.41, 5.74) is 2.20. The quantitative estimate of drug-likeness (QED) is 0.533. The number of rotatable bonds is 5. The third-order valence-electron chi connectivity index (χ3n) is 3.70. The van der Waals surface area contributed by atoms with Crippen LogP contribution in [0.4, 0.5) is 5.69 Å². The van der Waals surface area contributed by atoms with Gasteiger partial charge in [-0.1, -0.05) is 6.07 Å². The normalized spacial score (nSPS) is 11.3. The lowest BCUT2D eigenvalue weighted by atomic mass is 10.1. The van der Waals surface area contributed by atoms with Crippen molar-refractivity contribution in [2.24, 2.45) is 0 Å². The SMILES string of the molecule is Cc1ccc(C(=O)Nc2ccc(S(=O)(=O)Cc3nccs3)cc2)cc1I. The zero-order chi connectivity index (χ0) is 18.7. The zero-order valence-corrected chi connectivity index (χ0v) is 17.6. The molecule has 1 aromatic heterocycles. The van der Waals surface area contributed by atoms with Crippen LogP contribution in [-0.4, -0.2) is 19.3 Å². The van der Waals surface area contributed by atoms with Gasteiger partial charge in [0.25, 0.3) is 5.91 Å². The fourth-order valence-electron chi connectivity index (χ4n) is 2.25. The lowest BCUT2D eigenvalue weighted by Crippen LogP contribution is -2.12. The lowest BCUT2D eigenvalue weighted by Gasteiger charge is -2.08. The first-order valence-corrected chi connectivity index (χ1v) is 11.2. The Labute approximate surface area is 169 Å². The van der Waals surface area contributed by atoms with Crippen LogP contribution in [0.1, 0.15) is 20.9 Å². The predicted octanol–water partition coefficient (Wildman–Crippen LogP) is 4.28. The number of carbonyl (C=O) groups excluding carboxylic acids is 1. The number of aryl methyl sites for hydroxylation is 1. The van der Waals surface area contributed by atoms with Gasteiger partial charge in [-0.2, -0.15) is 0 Å². The Bertz CT molecular complexity index is 1030. The number of anilines is 1. The van der Waals surface area contributed by atoms with Gasteiger partial charge in [0, 0.05) is 26.4 Å². The Kier molecular flexibility index (Phi) is 5.73. The second-order valence-corrected chi connectivity index (χ2v) is 9.76. The van der Waals surface area contributed by atoms with E-state index in [2.05, 4.69) is 32.9 Å². The Morgan fingerprint density at radius 1 is 1.19 bits per heavy atom.